The molecule has 1 aromatic heterocycles. The molecule has 0 saturated carbocycles. The Morgan fingerprint density at radius 2 is 1.18 bits per heavy atom. The molecule has 1 saturated heterocycles. The van der Waals surface area contributed by atoms with E-state index in [1.807, 2.05) is 6.20 Å². The molecule has 212 valence electrons. The zero-order chi connectivity index (χ0) is 26.7. The summed E-state index contributed by atoms with van der Waals surface area (Å²) in [6.07, 6.45) is 26.0. The number of aryl methyl sites for hydroxylation is 1. The lowest BCUT2D eigenvalue weighted by Gasteiger charge is -2.29. The van der Waals surface area contributed by atoms with Crippen LogP contribution in [0.2, 0.25) is 0 Å². The van der Waals surface area contributed by atoms with Crippen LogP contribution in [0.5, 0.6) is 0 Å². The predicted octanol–water partition coefficient (Wildman–Crippen LogP) is 10.6. The Hall–Kier alpha value is -1.71. The first kappa shape index (κ1) is 30.8. The second kappa shape index (κ2) is 19.4. The molecule has 3 heteroatoms. The highest BCUT2D eigenvalue weighted by Crippen LogP contribution is 2.28. The number of benzene rings is 1. The SMILES string of the molecule is CCCCCCCCCCc1ccc(-c2ccc(C3OCC(CCCCCCCCCC)CO3)cn2)cc1. The van der Waals surface area contributed by atoms with Gasteiger partial charge in [0.1, 0.15) is 0 Å². The van der Waals surface area contributed by atoms with Crippen LogP contribution in [-0.4, -0.2) is 18.2 Å². The van der Waals surface area contributed by atoms with E-state index >= 15 is 0 Å². The molecular weight excluding hydrogens is 466 g/mol. The fourth-order valence-electron chi connectivity index (χ4n) is 5.49. The number of ether oxygens (including phenoxy) is 2. The molecule has 1 aromatic carbocycles. The number of rotatable bonds is 20. The van der Waals surface area contributed by atoms with Crippen LogP contribution in [0.25, 0.3) is 11.3 Å². The van der Waals surface area contributed by atoms with Crippen LogP contribution in [0.3, 0.4) is 0 Å². The van der Waals surface area contributed by atoms with Crippen molar-refractivity contribution in [1.82, 2.24) is 4.98 Å². The summed E-state index contributed by atoms with van der Waals surface area (Å²) < 4.78 is 12.2. The zero-order valence-electron chi connectivity index (χ0n) is 24.6. The van der Waals surface area contributed by atoms with Gasteiger partial charge in [0.2, 0.25) is 0 Å². The van der Waals surface area contributed by atoms with Gasteiger partial charge in [0, 0.05) is 23.2 Å². The molecule has 2 aromatic rings. The van der Waals surface area contributed by atoms with E-state index in [4.69, 9.17) is 14.5 Å². The highest BCUT2D eigenvalue weighted by molar-refractivity contribution is 5.59. The Morgan fingerprint density at radius 1 is 0.632 bits per heavy atom. The van der Waals surface area contributed by atoms with Gasteiger partial charge in [0.25, 0.3) is 0 Å². The van der Waals surface area contributed by atoms with Crippen molar-refractivity contribution in [3.05, 3.63) is 53.7 Å². The number of pyridine rings is 1. The van der Waals surface area contributed by atoms with E-state index in [1.165, 1.54) is 127 Å². The Bertz CT molecular complexity index is 824. The van der Waals surface area contributed by atoms with Crippen molar-refractivity contribution < 1.29 is 9.47 Å². The average molecular weight is 522 g/mol. The van der Waals surface area contributed by atoms with E-state index in [0.717, 1.165) is 24.5 Å². The lowest BCUT2D eigenvalue weighted by molar-refractivity contribution is -0.206. The van der Waals surface area contributed by atoms with Gasteiger partial charge in [-0.05, 0) is 30.9 Å². The fraction of sp³-hybridized carbons (Fsp3) is 0.686. The minimum Gasteiger partial charge on any atom is -0.348 e. The lowest BCUT2D eigenvalue weighted by Crippen LogP contribution is -2.27. The van der Waals surface area contributed by atoms with E-state index < -0.39 is 0 Å². The standard InChI is InChI=1S/C35H55NO2/c1-3-5-7-9-11-13-15-17-19-30-21-23-32(24-22-30)34-26-25-33(27-36-34)35-37-28-31(29-38-35)20-18-16-14-12-10-8-6-4-2/h21-27,31,35H,3-20,28-29H2,1-2H3. The Kier molecular flexibility index (Phi) is 15.7. The minimum absolute atomic E-state index is 0.277. The number of hydrogen-bond acceptors (Lipinski definition) is 3. The molecule has 0 aliphatic carbocycles. The van der Waals surface area contributed by atoms with Crippen LogP contribution in [0.15, 0.2) is 42.6 Å². The van der Waals surface area contributed by atoms with E-state index in [2.05, 4.69) is 50.2 Å². The largest absolute Gasteiger partial charge is 0.348 e. The van der Waals surface area contributed by atoms with Crippen LogP contribution in [0.4, 0.5) is 0 Å². The van der Waals surface area contributed by atoms with Gasteiger partial charge in [0.05, 0.1) is 18.9 Å². The van der Waals surface area contributed by atoms with E-state index in [1.54, 1.807) is 0 Å². The van der Waals surface area contributed by atoms with Gasteiger partial charge in [-0.3, -0.25) is 4.98 Å². The third-order valence-electron chi connectivity index (χ3n) is 8.06. The molecule has 0 unspecified atom stereocenters. The first-order valence-corrected chi connectivity index (χ1v) is 16.1. The zero-order valence-corrected chi connectivity index (χ0v) is 24.6. The van der Waals surface area contributed by atoms with Gasteiger partial charge in [0.15, 0.2) is 6.29 Å². The molecule has 0 bridgehead atoms. The van der Waals surface area contributed by atoms with Crippen molar-refractivity contribution in [2.45, 2.75) is 136 Å². The molecular formula is C35H55NO2. The summed E-state index contributed by atoms with van der Waals surface area (Å²) in [4.78, 5) is 4.73. The predicted molar refractivity (Wildman–Crippen MR) is 161 cm³/mol. The monoisotopic (exact) mass is 521 g/mol. The first-order valence-electron chi connectivity index (χ1n) is 16.1. The molecule has 2 heterocycles. The average Bonchev–Trinajstić information content (AvgIpc) is 2.97. The van der Waals surface area contributed by atoms with Crippen LogP contribution >= 0.6 is 0 Å². The van der Waals surface area contributed by atoms with Crippen LogP contribution < -0.4 is 0 Å². The van der Waals surface area contributed by atoms with Gasteiger partial charge in [-0.15, -0.1) is 0 Å². The molecule has 38 heavy (non-hydrogen) atoms. The maximum absolute atomic E-state index is 6.08. The second-order valence-corrected chi connectivity index (χ2v) is 11.5. The summed E-state index contributed by atoms with van der Waals surface area (Å²) in [5, 5.41) is 0. The Labute approximate surface area is 234 Å². The molecule has 0 atom stereocenters. The molecule has 0 amide bonds. The Balaban J connectivity index is 1.30. The molecule has 1 fully saturated rings. The molecule has 1 aliphatic heterocycles. The highest BCUT2D eigenvalue weighted by Gasteiger charge is 2.23. The third-order valence-corrected chi connectivity index (χ3v) is 8.06. The van der Waals surface area contributed by atoms with Crippen LogP contribution in [0, 0.1) is 5.92 Å². The van der Waals surface area contributed by atoms with Gasteiger partial charge in [-0.25, -0.2) is 0 Å². The maximum atomic E-state index is 6.08. The maximum Gasteiger partial charge on any atom is 0.185 e. The summed E-state index contributed by atoms with van der Waals surface area (Å²) in [5.74, 6) is 0.530. The second-order valence-electron chi connectivity index (χ2n) is 11.5. The fourth-order valence-corrected chi connectivity index (χ4v) is 5.49. The van der Waals surface area contributed by atoms with Gasteiger partial charge >= 0.3 is 0 Å². The molecule has 0 spiro atoms. The molecule has 0 N–H and O–H groups in total. The molecule has 0 radical (unpaired) electrons. The number of aromatic nitrogens is 1. The van der Waals surface area contributed by atoms with Crippen molar-refractivity contribution in [1.29, 1.82) is 0 Å². The Morgan fingerprint density at radius 3 is 1.74 bits per heavy atom. The lowest BCUT2D eigenvalue weighted by atomic mass is 10.0. The molecule has 3 nitrogen and oxygen atoms in total. The van der Waals surface area contributed by atoms with Gasteiger partial charge in [-0.1, -0.05) is 140 Å². The third kappa shape index (κ3) is 12.0. The smallest absolute Gasteiger partial charge is 0.185 e. The molecule has 1 aliphatic rings. The summed E-state index contributed by atoms with van der Waals surface area (Å²) in [7, 11) is 0. The van der Waals surface area contributed by atoms with E-state index in [-0.39, 0.29) is 6.29 Å². The van der Waals surface area contributed by atoms with Crippen molar-refractivity contribution in [2.75, 3.05) is 13.2 Å². The summed E-state index contributed by atoms with van der Waals surface area (Å²) in [5.41, 5.74) is 4.63. The van der Waals surface area contributed by atoms with Crippen LogP contribution in [-0.2, 0) is 15.9 Å². The summed E-state index contributed by atoms with van der Waals surface area (Å²) in [6.45, 7) is 6.15. The number of hydrogen-bond donors (Lipinski definition) is 0. The molecule has 3 rings (SSSR count). The topological polar surface area (TPSA) is 31.4 Å². The van der Waals surface area contributed by atoms with Crippen LogP contribution in [0.1, 0.15) is 140 Å². The van der Waals surface area contributed by atoms with Crippen molar-refractivity contribution >= 4 is 0 Å². The van der Waals surface area contributed by atoms with E-state index in [9.17, 15) is 0 Å². The van der Waals surface area contributed by atoms with E-state index in [0.29, 0.717) is 5.92 Å². The van der Waals surface area contributed by atoms with Gasteiger partial charge < -0.3 is 9.47 Å². The van der Waals surface area contributed by atoms with Crippen molar-refractivity contribution in [3.63, 3.8) is 0 Å². The summed E-state index contributed by atoms with van der Waals surface area (Å²) in [6, 6.07) is 13.2. The first-order chi connectivity index (χ1) is 18.8. The summed E-state index contributed by atoms with van der Waals surface area (Å²) >= 11 is 0. The van der Waals surface area contributed by atoms with Crippen molar-refractivity contribution in [3.8, 4) is 11.3 Å². The number of nitrogens with zero attached hydrogens (tertiary/aromatic N) is 1. The minimum atomic E-state index is -0.277. The number of unbranched alkanes of at least 4 members (excludes halogenated alkanes) is 14. The van der Waals surface area contributed by atoms with Gasteiger partial charge in [-0.2, -0.15) is 0 Å². The van der Waals surface area contributed by atoms with Crippen molar-refractivity contribution in [2.24, 2.45) is 5.92 Å². The highest BCUT2D eigenvalue weighted by atomic mass is 16.7. The quantitative estimate of drug-likeness (QED) is 0.162. The normalized spacial score (nSPS) is 17.6.